The first-order chi connectivity index (χ1) is 16.2. The van der Waals surface area contributed by atoms with Crippen molar-refractivity contribution in [3.05, 3.63) is 72.7 Å². The highest BCUT2D eigenvalue weighted by Crippen LogP contribution is 2.33. The lowest BCUT2D eigenvalue weighted by molar-refractivity contribution is 0.222. The minimum Gasteiger partial charge on any atom is -0.497 e. The minimum atomic E-state index is 0.678. The topological polar surface area (TPSA) is 54.1 Å². The number of nitrogens with zero attached hydrogens (tertiary/aromatic N) is 4. The fourth-order valence-electron chi connectivity index (χ4n) is 4.74. The maximum atomic E-state index is 9.49. The smallest absolute Gasteiger partial charge is 0.118 e. The summed E-state index contributed by atoms with van der Waals surface area (Å²) in [5.74, 6) is 0.837. The van der Waals surface area contributed by atoms with Crippen LogP contribution in [0, 0.1) is 11.3 Å². The molecule has 0 unspecified atom stereocenters. The molecule has 1 aliphatic rings. The van der Waals surface area contributed by atoms with E-state index in [2.05, 4.69) is 51.0 Å². The molecule has 0 atom stereocenters. The summed E-state index contributed by atoms with van der Waals surface area (Å²) in [6.45, 7) is 4.37. The second-order valence-electron chi connectivity index (χ2n) is 8.67. The van der Waals surface area contributed by atoms with Crippen LogP contribution < -0.4 is 4.74 Å². The van der Waals surface area contributed by atoms with Crippen molar-refractivity contribution < 1.29 is 4.74 Å². The van der Waals surface area contributed by atoms with Crippen molar-refractivity contribution in [2.45, 2.75) is 25.8 Å². The molecule has 0 saturated carbocycles. The van der Waals surface area contributed by atoms with E-state index in [9.17, 15) is 5.26 Å². The van der Waals surface area contributed by atoms with Crippen LogP contribution in [0.3, 0.4) is 0 Å². The van der Waals surface area contributed by atoms with Crippen LogP contribution >= 0.6 is 0 Å². The van der Waals surface area contributed by atoms with E-state index in [1.165, 1.54) is 32.4 Å². The summed E-state index contributed by atoms with van der Waals surface area (Å²) in [4.78, 5) is 7.10. The fraction of sp³-hybridized carbons (Fsp3) is 0.286. The molecule has 0 aliphatic carbocycles. The molecule has 5 heteroatoms. The van der Waals surface area contributed by atoms with E-state index in [-0.39, 0.29) is 0 Å². The van der Waals surface area contributed by atoms with Crippen molar-refractivity contribution in [2.24, 2.45) is 0 Å². The third kappa shape index (κ3) is 4.48. The average Bonchev–Trinajstić information content (AvgIpc) is 3.26. The lowest BCUT2D eigenvalue weighted by atomic mass is 10.0. The molecule has 166 valence electrons. The maximum absolute atomic E-state index is 9.49. The normalized spacial score (nSPS) is 14.3. The van der Waals surface area contributed by atoms with Crippen molar-refractivity contribution >= 4 is 10.9 Å². The standard InChI is InChI=1S/C28H28N4O/c1-33-25-8-6-22(7-9-25)23-16-24(19-30-18-23)27-20-32(14-13-31-11-3-2-4-12-31)28-10-5-21(17-29)15-26(27)28/h5-10,15-16,18-20H,2-4,11-14H2,1H3. The van der Waals surface area contributed by atoms with Gasteiger partial charge in [-0.05, 0) is 67.9 Å². The Labute approximate surface area is 194 Å². The van der Waals surface area contributed by atoms with Crippen LogP contribution in [0.5, 0.6) is 5.75 Å². The highest BCUT2D eigenvalue weighted by molar-refractivity contribution is 5.97. The molecule has 1 aliphatic heterocycles. The average molecular weight is 437 g/mol. The van der Waals surface area contributed by atoms with E-state index in [0.29, 0.717) is 5.56 Å². The van der Waals surface area contributed by atoms with Crippen molar-refractivity contribution in [1.29, 1.82) is 5.26 Å². The van der Waals surface area contributed by atoms with Gasteiger partial charge in [0.15, 0.2) is 0 Å². The molecule has 1 fully saturated rings. The summed E-state index contributed by atoms with van der Waals surface area (Å²) in [6.07, 6.45) is 9.98. The Bertz CT molecular complexity index is 1290. The van der Waals surface area contributed by atoms with Gasteiger partial charge in [0.05, 0.1) is 18.7 Å². The first-order valence-corrected chi connectivity index (χ1v) is 11.6. The molecule has 3 heterocycles. The van der Waals surface area contributed by atoms with Crippen LogP contribution in [0.1, 0.15) is 24.8 Å². The summed E-state index contributed by atoms with van der Waals surface area (Å²) < 4.78 is 7.62. The minimum absolute atomic E-state index is 0.678. The molecule has 2 aromatic heterocycles. The van der Waals surface area contributed by atoms with Gasteiger partial charge in [-0.25, -0.2) is 0 Å². The maximum Gasteiger partial charge on any atom is 0.118 e. The first kappa shape index (κ1) is 21.2. The highest BCUT2D eigenvalue weighted by Gasteiger charge is 2.15. The number of aromatic nitrogens is 2. The van der Waals surface area contributed by atoms with Crippen LogP contribution in [0.2, 0.25) is 0 Å². The summed E-state index contributed by atoms with van der Waals surface area (Å²) in [7, 11) is 1.67. The molecule has 0 radical (unpaired) electrons. The largest absolute Gasteiger partial charge is 0.497 e. The molecule has 5 rings (SSSR count). The molecule has 4 aromatic rings. The highest BCUT2D eigenvalue weighted by atomic mass is 16.5. The molecule has 0 bridgehead atoms. The third-order valence-electron chi connectivity index (χ3n) is 6.59. The number of ether oxygens (including phenoxy) is 1. The van der Waals surface area contributed by atoms with Gasteiger partial charge in [-0.2, -0.15) is 5.26 Å². The predicted octanol–water partition coefficient (Wildman–Crippen LogP) is 5.74. The second-order valence-corrected chi connectivity index (χ2v) is 8.67. The number of benzene rings is 2. The lowest BCUT2D eigenvalue weighted by Gasteiger charge is -2.26. The van der Waals surface area contributed by atoms with E-state index >= 15 is 0 Å². The Hall–Kier alpha value is -3.62. The zero-order chi connectivity index (χ0) is 22.6. The Morgan fingerprint density at radius 3 is 2.45 bits per heavy atom. The van der Waals surface area contributed by atoms with Gasteiger partial charge in [0.1, 0.15) is 5.75 Å². The van der Waals surface area contributed by atoms with Crippen molar-refractivity contribution in [3.8, 4) is 34.1 Å². The van der Waals surface area contributed by atoms with Gasteiger partial charge in [0, 0.05) is 59.3 Å². The first-order valence-electron chi connectivity index (χ1n) is 11.6. The van der Waals surface area contributed by atoms with E-state index in [1.807, 2.05) is 36.7 Å². The molecule has 0 spiro atoms. The summed E-state index contributed by atoms with van der Waals surface area (Å²) in [6, 6.07) is 18.5. The molecule has 0 amide bonds. The summed E-state index contributed by atoms with van der Waals surface area (Å²) in [5, 5.41) is 10.6. The Morgan fingerprint density at radius 2 is 1.70 bits per heavy atom. The number of likely N-dealkylation sites (tertiary alicyclic amines) is 1. The van der Waals surface area contributed by atoms with Crippen LogP contribution in [-0.4, -0.2) is 41.2 Å². The van der Waals surface area contributed by atoms with E-state index < -0.39 is 0 Å². The van der Waals surface area contributed by atoms with Crippen LogP contribution in [0.25, 0.3) is 33.2 Å². The van der Waals surface area contributed by atoms with Gasteiger partial charge >= 0.3 is 0 Å². The second kappa shape index (κ2) is 9.48. The number of rotatable bonds is 6. The van der Waals surface area contributed by atoms with Crippen molar-refractivity contribution in [1.82, 2.24) is 14.5 Å². The van der Waals surface area contributed by atoms with Gasteiger partial charge in [0.25, 0.3) is 0 Å². The summed E-state index contributed by atoms with van der Waals surface area (Å²) in [5.41, 5.74) is 6.16. The monoisotopic (exact) mass is 436 g/mol. The SMILES string of the molecule is COc1ccc(-c2cncc(-c3cn(CCN4CCCCC4)c4ccc(C#N)cc34)c2)cc1. The molecular formula is C28H28N4O. The van der Waals surface area contributed by atoms with Crippen LogP contribution in [-0.2, 0) is 6.54 Å². The Morgan fingerprint density at radius 1 is 0.909 bits per heavy atom. The molecule has 2 aromatic carbocycles. The van der Waals surface area contributed by atoms with Crippen molar-refractivity contribution in [3.63, 3.8) is 0 Å². The predicted molar refractivity (Wildman–Crippen MR) is 132 cm³/mol. The number of methoxy groups -OCH3 is 1. The lowest BCUT2D eigenvalue weighted by Crippen LogP contribution is -2.32. The summed E-state index contributed by atoms with van der Waals surface area (Å²) >= 11 is 0. The zero-order valence-corrected chi connectivity index (χ0v) is 19.0. The van der Waals surface area contributed by atoms with Crippen LogP contribution in [0.4, 0.5) is 0 Å². The van der Waals surface area contributed by atoms with E-state index in [0.717, 1.165) is 52.0 Å². The number of nitriles is 1. The number of fused-ring (bicyclic) bond motifs is 1. The number of hydrogen-bond acceptors (Lipinski definition) is 4. The van der Waals surface area contributed by atoms with Gasteiger partial charge < -0.3 is 14.2 Å². The van der Waals surface area contributed by atoms with Gasteiger partial charge in [-0.1, -0.05) is 18.6 Å². The van der Waals surface area contributed by atoms with Crippen LogP contribution in [0.15, 0.2) is 67.1 Å². The van der Waals surface area contributed by atoms with Gasteiger partial charge in [-0.15, -0.1) is 0 Å². The Kier molecular flexibility index (Phi) is 6.10. The third-order valence-corrected chi connectivity index (χ3v) is 6.59. The molecule has 1 saturated heterocycles. The molecule has 0 N–H and O–H groups in total. The number of pyridine rings is 1. The number of hydrogen-bond donors (Lipinski definition) is 0. The van der Waals surface area contributed by atoms with Crippen molar-refractivity contribution in [2.75, 3.05) is 26.7 Å². The van der Waals surface area contributed by atoms with E-state index in [1.54, 1.807) is 7.11 Å². The van der Waals surface area contributed by atoms with Gasteiger partial charge in [-0.3, -0.25) is 4.98 Å². The van der Waals surface area contributed by atoms with Gasteiger partial charge in [0.2, 0.25) is 0 Å². The molecular weight excluding hydrogens is 408 g/mol. The quantitative estimate of drug-likeness (QED) is 0.387. The zero-order valence-electron chi connectivity index (χ0n) is 19.0. The van der Waals surface area contributed by atoms with E-state index in [4.69, 9.17) is 4.74 Å². The molecule has 33 heavy (non-hydrogen) atoms. The fourth-order valence-corrected chi connectivity index (χ4v) is 4.74. The molecule has 5 nitrogen and oxygen atoms in total. The number of piperidine rings is 1. The Balaban J connectivity index is 1.52.